The number of anilines is 1. The Labute approximate surface area is 340 Å². The van der Waals surface area contributed by atoms with Crippen molar-refractivity contribution in [2.24, 2.45) is 5.73 Å². The molecule has 0 spiro atoms. The Morgan fingerprint density at radius 2 is 1.71 bits per heavy atom. The van der Waals surface area contributed by atoms with Gasteiger partial charge in [0, 0.05) is 70.3 Å². The van der Waals surface area contributed by atoms with Gasteiger partial charge in [0.15, 0.2) is 11.9 Å². The monoisotopic (exact) mass is 801 g/mol. The van der Waals surface area contributed by atoms with Gasteiger partial charge in [0.2, 0.25) is 5.91 Å². The molecule has 2 aromatic heterocycles. The van der Waals surface area contributed by atoms with Crippen LogP contribution in [0.3, 0.4) is 0 Å². The molecule has 6 heterocycles. The number of nitrogen functional groups attached to an aromatic ring is 1. The number of hydrogen-bond acceptors (Lipinski definition) is 14. The highest BCUT2D eigenvalue weighted by atomic mass is 16.9. The summed E-state index contributed by atoms with van der Waals surface area (Å²) in [6, 6.07) is 22.6. The van der Waals surface area contributed by atoms with Crippen LogP contribution >= 0.6 is 0 Å². The Balaban J connectivity index is 0.784. The highest BCUT2D eigenvalue weighted by molar-refractivity contribution is 6.22. The lowest BCUT2D eigenvalue weighted by Crippen LogP contribution is -2.51. The van der Waals surface area contributed by atoms with Crippen molar-refractivity contribution in [3.8, 4) is 22.8 Å². The molecule has 3 fully saturated rings. The largest absolute Gasteiger partial charge is 0.457 e. The van der Waals surface area contributed by atoms with Crippen molar-refractivity contribution in [3.05, 3.63) is 95.8 Å². The molecule has 0 radical (unpaired) electrons. The Morgan fingerprint density at radius 3 is 2.47 bits per heavy atom. The molecule has 5 N–H and O–H groups in total. The van der Waals surface area contributed by atoms with E-state index < -0.39 is 18.0 Å². The molecule has 5 aromatic rings. The fourth-order valence-corrected chi connectivity index (χ4v) is 8.74. The molecule has 17 nitrogen and oxygen atoms in total. The molecule has 3 amide bonds. The van der Waals surface area contributed by atoms with Crippen molar-refractivity contribution in [2.75, 3.05) is 64.7 Å². The van der Waals surface area contributed by atoms with Gasteiger partial charge in [-0.25, -0.2) is 19.5 Å². The van der Waals surface area contributed by atoms with Crippen LogP contribution in [0.1, 0.15) is 64.0 Å². The number of nitrogens with one attached hydrogen (secondary N) is 1. The molecule has 3 saturated heterocycles. The number of ether oxygens (including phenoxy) is 1. The third-order valence-electron chi connectivity index (χ3n) is 11.7. The zero-order valence-electron chi connectivity index (χ0n) is 32.6. The Kier molecular flexibility index (Phi) is 11.0. The van der Waals surface area contributed by atoms with E-state index >= 15 is 0 Å². The van der Waals surface area contributed by atoms with E-state index in [1.165, 1.54) is 6.33 Å². The summed E-state index contributed by atoms with van der Waals surface area (Å²) in [5.41, 5.74) is 18.8. The normalized spacial score (nSPS) is 20.7. The summed E-state index contributed by atoms with van der Waals surface area (Å²) in [5.74, 6) is 1.20. The number of fused-ring (bicyclic) bond motifs is 2. The number of para-hydroxylation sites is 1. The van der Waals surface area contributed by atoms with Gasteiger partial charge in [0.25, 0.3) is 11.8 Å². The van der Waals surface area contributed by atoms with Gasteiger partial charge in [-0.1, -0.05) is 36.0 Å². The first-order chi connectivity index (χ1) is 28.9. The predicted octanol–water partition coefficient (Wildman–Crippen LogP) is 3.52. The van der Waals surface area contributed by atoms with E-state index in [1.54, 1.807) is 12.1 Å². The molecule has 3 aromatic carbocycles. The number of piperazine rings is 1. The maximum atomic E-state index is 13.7. The summed E-state index contributed by atoms with van der Waals surface area (Å²) in [6.45, 7) is 5.33. The Bertz CT molecular complexity index is 2330. The van der Waals surface area contributed by atoms with Crippen LogP contribution in [0.2, 0.25) is 0 Å². The van der Waals surface area contributed by atoms with Crippen LogP contribution in [0.5, 0.6) is 11.5 Å². The summed E-state index contributed by atoms with van der Waals surface area (Å²) < 4.78 is 7.98. The zero-order chi connectivity index (χ0) is 40.5. The molecule has 3 unspecified atom stereocenters. The summed E-state index contributed by atoms with van der Waals surface area (Å²) in [5, 5.41) is 5.79. The van der Waals surface area contributed by atoms with E-state index in [-0.39, 0.29) is 24.5 Å². The maximum Gasteiger partial charge on any atom is 0.264 e. The fraction of sp³-hybridized carbons (Fsp3) is 0.381. The molecule has 17 heteroatoms. The van der Waals surface area contributed by atoms with Gasteiger partial charge in [-0.05, 0) is 67.4 Å². The number of nitrogens with zero attached hydrogens (tertiary/aromatic N) is 8. The van der Waals surface area contributed by atoms with E-state index in [4.69, 9.17) is 31.0 Å². The molecule has 4 aliphatic rings. The highest BCUT2D eigenvalue weighted by Crippen LogP contribution is 2.36. The second kappa shape index (κ2) is 16.8. The topological polar surface area (TPSA) is 200 Å². The molecule has 0 aliphatic carbocycles. The number of likely N-dealkylation sites (tertiary alicyclic amines) is 1. The van der Waals surface area contributed by atoms with Gasteiger partial charge in [0.1, 0.15) is 29.3 Å². The smallest absolute Gasteiger partial charge is 0.264 e. The van der Waals surface area contributed by atoms with Gasteiger partial charge in [0.05, 0.1) is 29.2 Å². The van der Waals surface area contributed by atoms with E-state index in [9.17, 15) is 14.4 Å². The minimum absolute atomic E-state index is 0.0926. The van der Waals surface area contributed by atoms with E-state index in [0.29, 0.717) is 73.8 Å². The molecule has 0 saturated carbocycles. The number of benzene rings is 3. The highest BCUT2D eigenvalue weighted by Gasteiger charge is 2.44. The van der Waals surface area contributed by atoms with Gasteiger partial charge >= 0.3 is 0 Å². The molecule has 3 atom stereocenters. The quantitative estimate of drug-likeness (QED) is 0.155. The molecule has 4 aliphatic heterocycles. The van der Waals surface area contributed by atoms with Crippen molar-refractivity contribution in [3.63, 3.8) is 0 Å². The van der Waals surface area contributed by atoms with Crippen molar-refractivity contribution in [2.45, 2.75) is 44.0 Å². The third kappa shape index (κ3) is 7.64. The van der Waals surface area contributed by atoms with Crippen molar-refractivity contribution >= 4 is 34.6 Å². The minimum atomic E-state index is -0.765. The van der Waals surface area contributed by atoms with Gasteiger partial charge in [-0.2, -0.15) is 5.10 Å². The number of amides is 3. The third-order valence-corrected chi connectivity index (χ3v) is 11.7. The second-order valence-electron chi connectivity index (χ2n) is 15.2. The van der Waals surface area contributed by atoms with Crippen molar-refractivity contribution in [1.29, 1.82) is 0 Å². The SMILES string of the molecule is NCC(c1cccc2c1C(=O)N(C1CCONO1)C2=O)N1CCN(C(=O)CCCN2CCC(n3nc(-c4ccc(Oc5ccccc5)cc4)c4c(N)ncnc43)C2)CC1. The lowest BCUT2D eigenvalue weighted by molar-refractivity contribution is -0.259. The number of aromatic nitrogens is 4. The lowest BCUT2D eigenvalue weighted by Gasteiger charge is -2.39. The standard InChI is InChI=1S/C42H47N11O6/c43-24-33(31-8-4-9-32-36(31)42(56)52(41(32)55)35-16-23-57-48-59-35)50-19-21-51(22-20-50)34(54)10-5-17-49-18-15-28(25-49)53-40-37(39(44)45-26-46-40)38(47-53)27-11-13-30(14-12-27)58-29-6-2-1-3-7-29/h1-4,6-9,11-14,26,28,33,35,48H,5,10,15-25,43H2,(H2,44,45,46). The van der Waals surface area contributed by atoms with E-state index in [1.807, 2.05) is 70.2 Å². The first-order valence-corrected chi connectivity index (χ1v) is 20.2. The Morgan fingerprint density at radius 1 is 0.915 bits per heavy atom. The molecule has 9 rings (SSSR count). The van der Waals surface area contributed by atoms with E-state index in [0.717, 1.165) is 65.5 Å². The van der Waals surface area contributed by atoms with Crippen LogP contribution in [0, 0.1) is 0 Å². The average Bonchev–Trinajstić information content (AvgIpc) is 3.97. The maximum absolute atomic E-state index is 13.7. The lowest BCUT2D eigenvalue weighted by atomic mass is 9.95. The summed E-state index contributed by atoms with van der Waals surface area (Å²) >= 11 is 0. The number of carbonyl (C=O) groups is 3. The van der Waals surface area contributed by atoms with Crippen LogP contribution < -0.4 is 21.8 Å². The van der Waals surface area contributed by atoms with Gasteiger partial charge < -0.3 is 26.0 Å². The van der Waals surface area contributed by atoms with Crippen LogP contribution in [0.25, 0.3) is 22.3 Å². The first-order valence-electron chi connectivity index (χ1n) is 20.2. The summed E-state index contributed by atoms with van der Waals surface area (Å²) in [7, 11) is 0. The number of hydrogen-bond donors (Lipinski definition) is 3. The molecule has 306 valence electrons. The fourth-order valence-electron chi connectivity index (χ4n) is 8.74. The van der Waals surface area contributed by atoms with Gasteiger partial charge in [-0.3, -0.25) is 29.0 Å². The number of nitrogens with two attached hydrogens (primary N) is 2. The Hall–Kier alpha value is -5.82. The van der Waals surface area contributed by atoms with Crippen LogP contribution in [0.15, 0.2) is 79.1 Å². The molecular formula is C42H47N11O6. The second-order valence-corrected chi connectivity index (χ2v) is 15.2. The minimum Gasteiger partial charge on any atom is -0.457 e. The first kappa shape index (κ1) is 38.7. The number of rotatable bonds is 12. The van der Waals surface area contributed by atoms with Crippen molar-refractivity contribution < 1.29 is 28.8 Å². The van der Waals surface area contributed by atoms with Crippen molar-refractivity contribution in [1.82, 2.24) is 45.0 Å². The van der Waals surface area contributed by atoms with Gasteiger partial charge in [-0.15, -0.1) is 0 Å². The van der Waals surface area contributed by atoms with Crippen LogP contribution in [-0.4, -0.2) is 122 Å². The number of imide groups is 1. The van der Waals surface area contributed by atoms with E-state index in [2.05, 4.69) is 25.4 Å². The van der Waals surface area contributed by atoms with Crippen LogP contribution in [-0.2, 0) is 14.5 Å². The zero-order valence-corrected chi connectivity index (χ0v) is 32.6. The predicted molar refractivity (Wildman–Crippen MR) is 216 cm³/mol. The summed E-state index contributed by atoms with van der Waals surface area (Å²) in [6.07, 6.45) is 3.16. The summed E-state index contributed by atoms with van der Waals surface area (Å²) in [4.78, 5) is 67.3. The average molecular weight is 802 g/mol. The number of carbonyl (C=O) groups excluding carboxylic acids is 3. The molecular weight excluding hydrogens is 755 g/mol. The van der Waals surface area contributed by atoms with Crippen LogP contribution in [0.4, 0.5) is 5.82 Å². The molecule has 59 heavy (non-hydrogen) atoms. The molecule has 0 bridgehead atoms.